The van der Waals surface area contributed by atoms with E-state index in [1.54, 1.807) is 6.07 Å². The lowest BCUT2D eigenvalue weighted by atomic mass is 9.82. The van der Waals surface area contributed by atoms with E-state index in [1.807, 2.05) is 24.8 Å². The van der Waals surface area contributed by atoms with Crippen LogP contribution in [0.4, 0.5) is 10.1 Å². The van der Waals surface area contributed by atoms with E-state index in [1.165, 1.54) is 12.2 Å². The quantitative estimate of drug-likeness (QED) is 0.832. The largest absolute Gasteiger partial charge is 0.381 e. The van der Waals surface area contributed by atoms with Crippen LogP contribution in [-0.2, 0) is 0 Å². The molecule has 18 heavy (non-hydrogen) atoms. The van der Waals surface area contributed by atoms with Crippen molar-refractivity contribution in [2.75, 3.05) is 16.8 Å². The van der Waals surface area contributed by atoms with E-state index in [-0.39, 0.29) is 11.2 Å². The molecule has 0 spiro atoms. The van der Waals surface area contributed by atoms with Crippen LogP contribution in [0, 0.1) is 18.2 Å². The summed E-state index contributed by atoms with van der Waals surface area (Å²) in [5, 5.41) is 3.53. The fourth-order valence-electron chi connectivity index (χ4n) is 2.16. The highest BCUT2D eigenvalue weighted by atomic mass is 79.9. The van der Waals surface area contributed by atoms with E-state index < -0.39 is 0 Å². The number of nitrogens with one attached hydrogen (secondary N) is 1. The molecule has 0 radical (unpaired) electrons. The molecular formula is C14H19BrFNS. The second-order valence-electron chi connectivity index (χ2n) is 5.59. The van der Waals surface area contributed by atoms with Crippen molar-refractivity contribution < 1.29 is 4.39 Å². The van der Waals surface area contributed by atoms with Crippen molar-refractivity contribution >= 4 is 33.4 Å². The lowest BCUT2D eigenvalue weighted by Crippen LogP contribution is -2.41. The van der Waals surface area contributed by atoms with Crippen LogP contribution < -0.4 is 5.32 Å². The second kappa shape index (κ2) is 5.41. The Morgan fingerprint density at radius 2 is 2.17 bits per heavy atom. The number of thioether (sulfide) groups is 1. The van der Waals surface area contributed by atoms with Gasteiger partial charge in [0.2, 0.25) is 0 Å². The molecule has 1 heterocycles. The van der Waals surface area contributed by atoms with Gasteiger partial charge in [-0.1, -0.05) is 13.8 Å². The number of hydrogen-bond donors (Lipinski definition) is 1. The SMILES string of the molecule is Cc1cc(Br)c(F)cc1NC1CSCCC1(C)C. The van der Waals surface area contributed by atoms with Crippen LogP contribution in [0.3, 0.4) is 0 Å². The standard InChI is InChI=1S/C14H19BrFNS/c1-9-6-10(15)11(16)7-12(9)17-13-8-18-5-4-14(13,2)3/h6-7,13,17H,4-5,8H2,1-3H3. The van der Waals surface area contributed by atoms with Crippen LogP contribution in [0.25, 0.3) is 0 Å². The predicted octanol–water partition coefficient (Wildman–Crippen LogP) is 4.84. The van der Waals surface area contributed by atoms with Crippen molar-refractivity contribution in [2.45, 2.75) is 33.2 Å². The minimum absolute atomic E-state index is 0.204. The first-order valence-corrected chi connectivity index (χ1v) is 8.15. The molecule has 0 aliphatic carbocycles. The van der Waals surface area contributed by atoms with Crippen LogP contribution in [0.15, 0.2) is 16.6 Å². The molecule has 1 unspecified atom stereocenters. The molecular weight excluding hydrogens is 313 g/mol. The van der Waals surface area contributed by atoms with Crippen molar-refractivity contribution in [2.24, 2.45) is 5.41 Å². The van der Waals surface area contributed by atoms with E-state index in [0.29, 0.717) is 10.5 Å². The Balaban J connectivity index is 2.20. The van der Waals surface area contributed by atoms with Gasteiger partial charge in [-0.25, -0.2) is 4.39 Å². The summed E-state index contributed by atoms with van der Waals surface area (Å²) < 4.78 is 14.1. The van der Waals surface area contributed by atoms with Gasteiger partial charge in [-0.15, -0.1) is 0 Å². The number of benzene rings is 1. The van der Waals surface area contributed by atoms with E-state index in [9.17, 15) is 4.39 Å². The summed E-state index contributed by atoms with van der Waals surface area (Å²) in [5.41, 5.74) is 2.26. The Bertz CT molecular complexity index is 448. The zero-order chi connectivity index (χ0) is 13.3. The Hall–Kier alpha value is -0.220. The normalized spacial score (nSPS) is 22.8. The van der Waals surface area contributed by atoms with Crippen molar-refractivity contribution in [3.63, 3.8) is 0 Å². The highest BCUT2D eigenvalue weighted by molar-refractivity contribution is 9.10. The van der Waals surface area contributed by atoms with Gasteiger partial charge < -0.3 is 5.32 Å². The molecule has 1 nitrogen and oxygen atoms in total. The van der Waals surface area contributed by atoms with Gasteiger partial charge in [0.25, 0.3) is 0 Å². The Morgan fingerprint density at radius 3 is 2.83 bits per heavy atom. The lowest BCUT2D eigenvalue weighted by Gasteiger charge is -2.39. The molecule has 0 bridgehead atoms. The molecule has 100 valence electrons. The maximum absolute atomic E-state index is 13.6. The van der Waals surface area contributed by atoms with Crippen molar-refractivity contribution in [3.05, 3.63) is 28.0 Å². The Labute approximate surface area is 121 Å². The van der Waals surface area contributed by atoms with Crippen molar-refractivity contribution in [1.82, 2.24) is 0 Å². The van der Waals surface area contributed by atoms with E-state index in [0.717, 1.165) is 17.0 Å². The molecule has 0 amide bonds. The molecule has 0 saturated carbocycles. The summed E-state index contributed by atoms with van der Waals surface area (Å²) in [6, 6.07) is 3.82. The molecule has 1 N–H and O–H groups in total. The summed E-state index contributed by atoms with van der Waals surface area (Å²) >= 11 is 5.19. The van der Waals surface area contributed by atoms with Gasteiger partial charge in [0.05, 0.1) is 4.47 Å². The van der Waals surface area contributed by atoms with Crippen LogP contribution in [-0.4, -0.2) is 17.5 Å². The van der Waals surface area contributed by atoms with Crippen molar-refractivity contribution in [1.29, 1.82) is 0 Å². The highest BCUT2D eigenvalue weighted by Crippen LogP contribution is 2.37. The molecule has 0 aromatic heterocycles. The molecule has 1 saturated heterocycles. The molecule has 1 fully saturated rings. The summed E-state index contributed by atoms with van der Waals surface area (Å²) in [4.78, 5) is 0. The third kappa shape index (κ3) is 3.02. The fraction of sp³-hybridized carbons (Fsp3) is 0.571. The minimum Gasteiger partial charge on any atom is -0.381 e. The minimum atomic E-state index is -0.204. The van der Waals surface area contributed by atoms with E-state index in [4.69, 9.17) is 0 Å². The lowest BCUT2D eigenvalue weighted by molar-refractivity contribution is 0.305. The first kappa shape index (κ1) is 14.2. The zero-order valence-electron chi connectivity index (χ0n) is 11.0. The maximum Gasteiger partial charge on any atom is 0.139 e. The third-order valence-electron chi connectivity index (χ3n) is 3.72. The highest BCUT2D eigenvalue weighted by Gasteiger charge is 2.32. The number of hydrogen-bond acceptors (Lipinski definition) is 2. The van der Waals surface area contributed by atoms with Gasteiger partial charge in [0.1, 0.15) is 5.82 Å². The van der Waals surface area contributed by atoms with Gasteiger partial charge in [0, 0.05) is 17.5 Å². The molecule has 1 aromatic rings. The van der Waals surface area contributed by atoms with Crippen LogP contribution in [0.1, 0.15) is 25.8 Å². The second-order valence-corrected chi connectivity index (χ2v) is 7.60. The maximum atomic E-state index is 13.6. The first-order chi connectivity index (χ1) is 8.40. The fourth-order valence-corrected chi connectivity index (χ4v) is 4.23. The van der Waals surface area contributed by atoms with Crippen molar-refractivity contribution in [3.8, 4) is 0 Å². The summed E-state index contributed by atoms with van der Waals surface area (Å²) in [6.45, 7) is 6.58. The number of rotatable bonds is 2. The number of aryl methyl sites for hydroxylation is 1. The molecule has 1 aromatic carbocycles. The summed E-state index contributed by atoms with van der Waals surface area (Å²) in [5.74, 6) is 2.10. The van der Waals surface area contributed by atoms with Gasteiger partial charge in [-0.2, -0.15) is 11.8 Å². The van der Waals surface area contributed by atoms with Gasteiger partial charge in [-0.3, -0.25) is 0 Å². The van der Waals surface area contributed by atoms with Crippen LogP contribution in [0.2, 0.25) is 0 Å². The average Bonchev–Trinajstić information content (AvgIpc) is 2.28. The summed E-state index contributed by atoms with van der Waals surface area (Å²) in [6.07, 6.45) is 1.20. The molecule has 1 aliphatic heterocycles. The van der Waals surface area contributed by atoms with Crippen LogP contribution in [0.5, 0.6) is 0 Å². The zero-order valence-corrected chi connectivity index (χ0v) is 13.4. The van der Waals surface area contributed by atoms with E-state index >= 15 is 0 Å². The third-order valence-corrected chi connectivity index (χ3v) is 5.39. The van der Waals surface area contributed by atoms with Crippen LogP contribution >= 0.6 is 27.7 Å². The predicted molar refractivity (Wildman–Crippen MR) is 82.0 cm³/mol. The Kier molecular flexibility index (Phi) is 4.27. The monoisotopic (exact) mass is 331 g/mol. The molecule has 1 atom stereocenters. The van der Waals surface area contributed by atoms with E-state index in [2.05, 4.69) is 35.1 Å². The summed E-state index contributed by atoms with van der Waals surface area (Å²) in [7, 11) is 0. The van der Waals surface area contributed by atoms with Gasteiger partial charge in [0.15, 0.2) is 0 Å². The topological polar surface area (TPSA) is 12.0 Å². The first-order valence-electron chi connectivity index (χ1n) is 6.20. The smallest absolute Gasteiger partial charge is 0.139 e. The number of anilines is 1. The molecule has 4 heteroatoms. The number of halogens is 2. The Morgan fingerprint density at radius 1 is 1.44 bits per heavy atom. The van der Waals surface area contributed by atoms with Gasteiger partial charge >= 0.3 is 0 Å². The molecule has 2 rings (SSSR count). The average molecular weight is 332 g/mol. The molecule has 1 aliphatic rings. The van der Waals surface area contributed by atoms with Gasteiger partial charge in [-0.05, 0) is 58.1 Å².